The number of hydrogen-bond acceptors (Lipinski definition) is 6. The third kappa shape index (κ3) is 8.25. The SMILES string of the molecule is C=CC.C=CCOc1cc(Cc2cccc(OCC=C)c2N2C(=O)C=CC2=O)ccc1N1C(=O)C=CC1=O.CCC. The lowest BCUT2D eigenvalue weighted by Gasteiger charge is -2.22. The van der Waals surface area contributed by atoms with E-state index < -0.39 is 23.6 Å². The zero-order valence-corrected chi connectivity index (χ0v) is 23.8. The molecule has 0 aromatic heterocycles. The van der Waals surface area contributed by atoms with Crippen molar-refractivity contribution in [3.63, 3.8) is 0 Å². The third-order valence-corrected chi connectivity index (χ3v) is 5.30. The number of carbonyl (C=O) groups excluding carboxylic acids is 4. The van der Waals surface area contributed by atoms with Crippen molar-refractivity contribution in [1.29, 1.82) is 0 Å². The van der Waals surface area contributed by atoms with Crippen molar-refractivity contribution in [1.82, 2.24) is 0 Å². The van der Waals surface area contributed by atoms with Crippen LogP contribution in [-0.2, 0) is 25.6 Å². The van der Waals surface area contributed by atoms with E-state index in [9.17, 15) is 19.2 Å². The average Bonchev–Trinajstić information content (AvgIpc) is 3.46. The molecule has 8 nitrogen and oxygen atoms in total. The number of rotatable bonds is 10. The second-order valence-corrected chi connectivity index (χ2v) is 8.75. The third-order valence-electron chi connectivity index (χ3n) is 5.30. The summed E-state index contributed by atoms with van der Waals surface area (Å²) < 4.78 is 11.5. The zero-order valence-electron chi connectivity index (χ0n) is 23.8. The van der Waals surface area contributed by atoms with Gasteiger partial charge in [-0.15, -0.1) is 6.58 Å². The molecule has 2 aromatic carbocycles. The first-order valence-electron chi connectivity index (χ1n) is 13.2. The van der Waals surface area contributed by atoms with Crippen LogP contribution in [-0.4, -0.2) is 36.8 Å². The number of imide groups is 2. The maximum Gasteiger partial charge on any atom is 0.258 e. The summed E-state index contributed by atoms with van der Waals surface area (Å²) in [5.74, 6) is -1.15. The van der Waals surface area contributed by atoms with Gasteiger partial charge >= 0.3 is 0 Å². The van der Waals surface area contributed by atoms with Crippen LogP contribution in [0.25, 0.3) is 0 Å². The topological polar surface area (TPSA) is 93.2 Å². The normalized spacial score (nSPS) is 13.3. The van der Waals surface area contributed by atoms with Crippen LogP contribution >= 0.6 is 0 Å². The minimum Gasteiger partial charge on any atom is -0.487 e. The fraction of sp³-hybridized carbons (Fsp3) is 0.212. The molecule has 0 N–H and O–H groups in total. The Kier molecular flexibility index (Phi) is 12.7. The predicted molar refractivity (Wildman–Crippen MR) is 162 cm³/mol. The van der Waals surface area contributed by atoms with Gasteiger partial charge in [0.25, 0.3) is 23.6 Å². The van der Waals surface area contributed by atoms with Crippen molar-refractivity contribution < 1.29 is 28.7 Å². The molecule has 0 radical (unpaired) electrons. The lowest BCUT2D eigenvalue weighted by molar-refractivity contribution is -0.121. The molecule has 8 heteroatoms. The minimum absolute atomic E-state index is 0.165. The summed E-state index contributed by atoms with van der Waals surface area (Å²) in [6, 6.07) is 10.3. The van der Waals surface area contributed by atoms with Gasteiger partial charge in [-0.3, -0.25) is 19.2 Å². The van der Waals surface area contributed by atoms with Gasteiger partial charge in [0.2, 0.25) is 0 Å². The molecule has 4 amide bonds. The van der Waals surface area contributed by atoms with Gasteiger partial charge < -0.3 is 9.47 Å². The largest absolute Gasteiger partial charge is 0.487 e. The Labute approximate surface area is 241 Å². The van der Waals surface area contributed by atoms with Crippen molar-refractivity contribution >= 4 is 35.0 Å². The monoisotopic (exact) mass is 556 g/mol. The number of allylic oxidation sites excluding steroid dienone is 1. The fourth-order valence-electron chi connectivity index (χ4n) is 3.83. The van der Waals surface area contributed by atoms with E-state index in [0.29, 0.717) is 34.9 Å². The molecule has 0 unspecified atom stereocenters. The summed E-state index contributed by atoms with van der Waals surface area (Å²) in [6.07, 6.45) is 11.3. The molecule has 4 rings (SSSR count). The number of anilines is 2. The van der Waals surface area contributed by atoms with Crippen LogP contribution in [0.1, 0.15) is 38.3 Å². The Morgan fingerprint density at radius 3 is 1.73 bits per heavy atom. The number of amides is 4. The lowest BCUT2D eigenvalue weighted by Crippen LogP contribution is -2.31. The first-order chi connectivity index (χ1) is 19.8. The molecule has 0 atom stereocenters. The molecule has 41 heavy (non-hydrogen) atoms. The molecule has 0 bridgehead atoms. The Bertz CT molecular complexity index is 1340. The van der Waals surface area contributed by atoms with Crippen LogP contribution < -0.4 is 19.3 Å². The smallest absolute Gasteiger partial charge is 0.258 e. The molecule has 2 heterocycles. The highest BCUT2D eigenvalue weighted by Crippen LogP contribution is 2.37. The van der Waals surface area contributed by atoms with E-state index in [1.165, 1.54) is 30.7 Å². The van der Waals surface area contributed by atoms with Gasteiger partial charge in [0.15, 0.2) is 0 Å². The van der Waals surface area contributed by atoms with Gasteiger partial charge in [0.05, 0.1) is 11.4 Å². The lowest BCUT2D eigenvalue weighted by atomic mass is 10.0. The standard InChI is InChI=1S/C27H22N2O6.C3H8.C3H6/c1-3-14-34-21-7-5-6-19(27(21)29-25(32)12-13-26(29)33)16-18-8-9-20(22(17-18)35-15-4-2)28-23(30)10-11-24(28)31;2*1-3-2/h3-13,17H,1-2,14-16H2;3H2,1-2H3;3H,1H2,2H3. The molecule has 0 spiro atoms. The van der Waals surface area contributed by atoms with Crippen LogP contribution in [0.4, 0.5) is 11.4 Å². The van der Waals surface area contributed by atoms with Crippen LogP contribution in [0, 0.1) is 0 Å². The van der Waals surface area contributed by atoms with Crippen molar-refractivity contribution in [2.45, 2.75) is 33.6 Å². The van der Waals surface area contributed by atoms with E-state index in [1.807, 2.05) is 6.92 Å². The van der Waals surface area contributed by atoms with Gasteiger partial charge in [-0.1, -0.05) is 69.9 Å². The first kappa shape index (κ1) is 32.2. The highest BCUT2D eigenvalue weighted by molar-refractivity contribution is 6.29. The molecule has 2 aliphatic rings. The maximum absolute atomic E-state index is 12.5. The number of para-hydroxylation sites is 1. The van der Waals surface area contributed by atoms with Gasteiger partial charge in [-0.2, -0.15) is 0 Å². The van der Waals surface area contributed by atoms with Crippen LogP contribution in [0.5, 0.6) is 11.5 Å². The van der Waals surface area contributed by atoms with Crippen LogP contribution in [0.3, 0.4) is 0 Å². The number of ether oxygens (including phenoxy) is 2. The second kappa shape index (κ2) is 16.2. The van der Waals surface area contributed by atoms with E-state index >= 15 is 0 Å². The van der Waals surface area contributed by atoms with E-state index in [1.54, 1.807) is 54.6 Å². The van der Waals surface area contributed by atoms with Crippen molar-refractivity contribution in [3.05, 3.63) is 110 Å². The number of hydrogen-bond donors (Lipinski definition) is 0. The highest BCUT2D eigenvalue weighted by Gasteiger charge is 2.31. The van der Waals surface area contributed by atoms with Gasteiger partial charge in [-0.25, -0.2) is 9.80 Å². The summed E-state index contributed by atoms with van der Waals surface area (Å²) in [5.41, 5.74) is 2.08. The molecule has 214 valence electrons. The first-order valence-corrected chi connectivity index (χ1v) is 13.2. The molecule has 0 fully saturated rings. The molecule has 0 saturated heterocycles. The molecular formula is C33H36N2O6. The van der Waals surface area contributed by atoms with Gasteiger partial charge in [-0.05, 0) is 42.7 Å². The fourth-order valence-corrected chi connectivity index (χ4v) is 3.83. The van der Waals surface area contributed by atoms with Crippen molar-refractivity contribution in [2.24, 2.45) is 0 Å². The molecule has 2 aliphatic heterocycles. The summed E-state index contributed by atoms with van der Waals surface area (Å²) in [4.78, 5) is 51.5. The Hall–Kier alpha value is -4.98. The van der Waals surface area contributed by atoms with E-state index in [4.69, 9.17) is 9.47 Å². The average molecular weight is 557 g/mol. The van der Waals surface area contributed by atoms with Gasteiger partial charge in [0, 0.05) is 24.3 Å². The highest BCUT2D eigenvalue weighted by atomic mass is 16.5. The molecule has 0 saturated carbocycles. The molecular weight excluding hydrogens is 520 g/mol. The summed E-state index contributed by atoms with van der Waals surface area (Å²) in [6.45, 7) is 17.2. The quantitative estimate of drug-likeness (QED) is 0.268. The molecule has 0 aliphatic carbocycles. The Balaban J connectivity index is 0.000000901. The second-order valence-electron chi connectivity index (χ2n) is 8.75. The predicted octanol–water partition coefficient (Wildman–Crippen LogP) is 5.87. The zero-order chi connectivity index (χ0) is 30.4. The van der Waals surface area contributed by atoms with E-state index in [-0.39, 0.29) is 13.2 Å². The van der Waals surface area contributed by atoms with Crippen molar-refractivity contribution in [2.75, 3.05) is 23.0 Å². The number of carbonyl (C=O) groups is 4. The number of nitrogens with zero attached hydrogens (tertiary/aromatic N) is 2. The van der Waals surface area contributed by atoms with E-state index in [0.717, 1.165) is 15.4 Å². The summed E-state index contributed by atoms with van der Waals surface area (Å²) in [5, 5.41) is 0. The molecule has 2 aromatic rings. The van der Waals surface area contributed by atoms with Crippen LogP contribution in [0.2, 0.25) is 0 Å². The van der Waals surface area contributed by atoms with Crippen LogP contribution in [0.15, 0.2) is 98.7 Å². The maximum atomic E-state index is 12.5. The summed E-state index contributed by atoms with van der Waals surface area (Å²) >= 11 is 0. The Morgan fingerprint density at radius 1 is 0.732 bits per heavy atom. The van der Waals surface area contributed by atoms with E-state index in [2.05, 4.69) is 33.6 Å². The summed E-state index contributed by atoms with van der Waals surface area (Å²) in [7, 11) is 0. The van der Waals surface area contributed by atoms with Crippen molar-refractivity contribution in [3.8, 4) is 11.5 Å². The number of benzene rings is 2. The minimum atomic E-state index is -0.463. The Morgan fingerprint density at radius 2 is 1.22 bits per heavy atom. The van der Waals surface area contributed by atoms with Gasteiger partial charge in [0.1, 0.15) is 24.7 Å².